The molecule has 5 heteroatoms. The van der Waals surface area contributed by atoms with Crippen LogP contribution in [0, 0.1) is 0 Å². The molecule has 5 nitrogen and oxygen atoms in total. The van der Waals surface area contributed by atoms with Crippen LogP contribution in [0.15, 0.2) is 18.2 Å². The number of rotatable bonds is 7. The highest BCUT2D eigenvalue weighted by Gasteiger charge is 2.12. The van der Waals surface area contributed by atoms with Gasteiger partial charge in [0.25, 0.3) is 5.91 Å². The molecular weight excluding hydrogens is 268 g/mol. The van der Waals surface area contributed by atoms with Crippen molar-refractivity contribution in [2.75, 3.05) is 13.1 Å². The van der Waals surface area contributed by atoms with Crippen LogP contribution >= 0.6 is 0 Å². The Bertz CT molecular complexity index is 514. The van der Waals surface area contributed by atoms with Crippen molar-refractivity contribution in [3.05, 3.63) is 34.9 Å². The highest BCUT2D eigenvalue weighted by atomic mass is 16.4. The molecule has 0 saturated heterocycles. The standard InChI is InChI=1S/C16H22N2O3/c19-15(20)4-2-1-3-8-18-16(21)13-6-5-12-7-9-17-11-14(12)10-13/h5-6,10,17H,1-4,7-9,11H2,(H,18,21)(H,19,20). The average molecular weight is 290 g/mol. The van der Waals surface area contributed by atoms with Crippen LogP contribution in [0.3, 0.4) is 0 Å². The molecule has 2 rings (SSSR count). The van der Waals surface area contributed by atoms with Gasteiger partial charge >= 0.3 is 5.97 Å². The number of aliphatic carboxylic acids is 1. The number of carboxylic acid groups (broad SMARTS) is 1. The van der Waals surface area contributed by atoms with Gasteiger partial charge in [-0.25, -0.2) is 0 Å². The molecule has 0 saturated carbocycles. The Balaban J connectivity index is 1.74. The average Bonchev–Trinajstić information content (AvgIpc) is 2.49. The SMILES string of the molecule is O=C(O)CCCCCNC(=O)c1ccc2c(c1)CNCC2. The quantitative estimate of drug-likeness (QED) is 0.668. The van der Waals surface area contributed by atoms with Crippen molar-refractivity contribution in [1.82, 2.24) is 10.6 Å². The van der Waals surface area contributed by atoms with E-state index >= 15 is 0 Å². The highest BCUT2D eigenvalue weighted by Crippen LogP contribution is 2.15. The third-order valence-electron chi connectivity index (χ3n) is 3.71. The minimum absolute atomic E-state index is 0.0541. The first kappa shape index (κ1) is 15.5. The van der Waals surface area contributed by atoms with Crippen LogP contribution in [0.2, 0.25) is 0 Å². The molecule has 0 spiro atoms. The Morgan fingerprint density at radius 2 is 2.05 bits per heavy atom. The van der Waals surface area contributed by atoms with Crippen LogP contribution < -0.4 is 10.6 Å². The van der Waals surface area contributed by atoms with Crippen LogP contribution in [0.5, 0.6) is 0 Å². The number of fused-ring (bicyclic) bond motifs is 1. The molecule has 1 aliphatic rings. The summed E-state index contributed by atoms with van der Waals surface area (Å²) < 4.78 is 0. The zero-order chi connectivity index (χ0) is 15.1. The second-order valence-corrected chi connectivity index (χ2v) is 5.37. The van der Waals surface area contributed by atoms with E-state index in [-0.39, 0.29) is 12.3 Å². The van der Waals surface area contributed by atoms with Crippen molar-refractivity contribution >= 4 is 11.9 Å². The fourth-order valence-corrected chi connectivity index (χ4v) is 2.50. The smallest absolute Gasteiger partial charge is 0.303 e. The summed E-state index contributed by atoms with van der Waals surface area (Å²) in [7, 11) is 0. The molecule has 1 amide bonds. The van der Waals surface area contributed by atoms with Crippen molar-refractivity contribution in [3.8, 4) is 0 Å². The lowest BCUT2D eigenvalue weighted by Crippen LogP contribution is -2.27. The molecule has 1 aromatic carbocycles. The first-order chi connectivity index (χ1) is 10.2. The lowest BCUT2D eigenvalue weighted by Gasteiger charge is -2.17. The lowest BCUT2D eigenvalue weighted by atomic mass is 9.98. The molecule has 0 atom stereocenters. The van der Waals surface area contributed by atoms with Crippen LogP contribution in [0.1, 0.15) is 47.2 Å². The van der Waals surface area contributed by atoms with E-state index in [9.17, 15) is 9.59 Å². The Morgan fingerprint density at radius 3 is 2.86 bits per heavy atom. The third-order valence-corrected chi connectivity index (χ3v) is 3.71. The Labute approximate surface area is 124 Å². The van der Waals surface area contributed by atoms with Gasteiger partial charge < -0.3 is 15.7 Å². The number of carboxylic acids is 1. The molecule has 0 aromatic heterocycles. The van der Waals surface area contributed by atoms with E-state index < -0.39 is 5.97 Å². The second kappa shape index (κ2) is 7.78. The summed E-state index contributed by atoms with van der Waals surface area (Å²) in [6, 6.07) is 5.88. The number of unbranched alkanes of at least 4 members (excludes halogenated alkanes) is 2. The van der Waals surface area contributed by atoms with Gasteiger partial charge in [-0.15, -0.1) is 0 Å². The van der Waals surface area contributed by atoms with Gasteiger partial charge in [-0.05, 0) is 49.1 Å². The molecule has 0 aliphatic carbocycles. The molecule has 0 radical (unpaired) electrons. The van der Waals surface area contributed by atoms with Crippen molar-refractivity contribution in [2.24, 2.45) is 0 Å². The summed E-state index contributed by atoms with van der Waals surface area (Å²) in [5.41, 5.74) is 3.22. The summed E-state index contributed by atoms with van der Waals surface area (Å²) in [5.74, 6) is -0.816. The van der Waals surface area contributed by atoms with Gasteiger partial charge in [-0.2, -0.15) is 0 Å². The summed E-state index contributed by atoms with van der Waals surface area (Å²) in [6.07, 6.45) is 3.51. The van der Waals surface area contributed by atoms with Crippen molar-refractivity contribution < 1.29 is 14.7 Å². The van der Waals surface area contributed by atoms with Crippen molar-refractivity contribution in [1.29, 1.82) is 0 Å². The second-order valence-electron chi connectivity index (χ2n) is 5.37. The van der Waals surface area contributed by atoms with E-state index in [1.54, 1.807) is 0 Å². The molecule has 21 heavy (non-hydrogen) atoms. The normalized spacial score (nSPS) is 13.5. The van der Waals surface area contributed by atoms with Crippen LogP contribution in [0.25, 0.3) is 0 Å². The molecule has 0 unspecified atom stereocenters. The summed E-state index contributed by atoms with van der Waals surface area (Å²) in [5, 5.41) is 14.7. The molecule has 0 fully saturated rings. The Hall–Kier alpha value is -1.88. The van der Waals surface area contributed by atoms with Gasteiger partial charge in [-0.3, -0.25) is 9.59 Å². The van der Waals surface area contributed by atoms with E-state index in [0.29, 0.717) is 18.5 Å². The monoisotopic (exact) mass is 290 g/mol. The molecule has 114 valence electrons. The van der Waals surface area contributed by atoms with E-state index in [0.717, 1.165) is 32.4 Å². The molecule has 1 aromatic rings. The van der Waals surface area contributed by atoms with Crippen LogP contribution in [-0.4, -0.2) is 30.1 Å². The summed E-state index contributed by atoms with van der Waals surface area (Å²) >= 11 is 0. The molecule has 3 N–H and O–H groups in total. The van der Waals surface area contributed by atoms with Gasteiger partial charge in [-0.1, -0.05) is 12.5 Å². The summed E-state index contributed by atoms with van der Waals surface area (Å²) in [4.78, 5) is 22.4. The maximum Gasteiger partial charge on any atom is 0.303 e. The van der Waals surface area contributed by atoms with Gasteiger partial charge in [0, 0.05) is 25.1 Å². The molecule has 1 aliphatic heterocycles. The predicted molar refractivity (Wildman–Crippen MR) is 80.3 cm³/mol. The minimum Gasteiger partial charge on any atom is -0.481 e. The van der Waals surface area contributed by atoms with E-state index in [2.05, 4.69) is 10.6 Å². The van der Waals surface area contributed by atoms with Gasteiger partial charge in [0.05, 0.1) is 0 Å². The fourth-order valence-electron chi connectivity index (χ4n) is 2.50. The first-order valence-electron chi connectivity index (χ1n) is 7.49. The number of carbonyl (C=O) groups excluding carboxylic acids is 1. The van der Waals surface area contributed by atoms with Crippen molar-refractivity contribution in [2.45, 2.75) is 38.6 Å². The minimum atomic E-state index is -0.762. The van der Waals surface area contributed by atoms with Gasteiger partial charge in [0.1, 0.15) is 0 Å². The zero-order valence-corrected chi connectivity index (χ0v) is 12.2. The number of amides is 1. The van der Waals surface area contributed by atoms with E-state index in [1.165, 1.54) is 11.1 Å². The number of nitrogens with one attached hydrogen (secondary N) is 2. The third kappa shape index (κ3) is 4.86. The predicted octanol–water partition coefficient (Wildman–Crippen LogP) is 1.71. The summed E-state index contributed by atoms with van der Waals surface area (Å²) in [6.45, 7) is 2.41. The van der Waals surface area contributed by atoms with Gasteiger partial charge in [0.2, 0.25) is 0 Å². The lowest BCUT2D eigenvalue weighted by molar-refractivity contribution is -0.137. The van der Waals surface area contributed by atoms with E-state index in [1.807, 2.05) is 18.2 Å². The van der Waals surface area contributed by atoms with Crippen LogP contribution in [0.4, 0.5) is 0 Å². The number of carbonyl (C=O) groups is 2. The Morgan fingerprint density at radius 1 is 1.19 bits per heavy atom. The molecule has 1 heterocycles. The van der Waals surface area contributed by atoms with Crippen LogP contribution in [-0.2, 0) is 17.8 Å². The maximum atomic E-state index is 12.0. The number of benzene rings is 1. The largest absolute Gasteiger partial charge is 0.481 e. The van der Waals surface area contributed by atoms with E-state index in [4.69, 9.17) is 5.11 Å². The first-order valence-corrected chi connectivity index (χ1v) is 7.49. The fraction of sp³-hybridized carbons (Fsp3) is 0.500. The maximum absolute atomic E-state index is 12.0. The topological polar surface area (TPSA) is 78.4 Å². The van der Waals surface area contributed by atoms with Crippen molar-refractivity contribution in [3.63, 3.8) is 0 Å². The number of hydrogen-bond acceptors (Lipinski definition) is 3. The molecule has 0 bridgehead atoms. The highest BCUT2D eigenvalue weighted by molar-refractivity contribution is 5.94. The van der Waals surface area contributed by atoms with Gasteiger partial charge in [0.15, 0.2) is 0 Å². The number of hydrogen-bond donors (Lipinski definition) is 3. The zero-order valence-electron chi connectivity index (χ0n) is 12.2. The molecular formula is C16H22N2O3. The Kier molecular flexibility index (Phi) is 5.75.